The van der Waals surface area contributed by atoms with Crippen LogP contribution in [0.3, 0.4) is 0 Å². The lowest BCUT2D eigenvalue weighted by atomic mass is 10.1. The number of hydrogen-bond acceptors (Lipinski definition) is 4. The summed E-state index contributed by atoms with van der Waals surface area (Å²) in [5, 5.41) is 10.3. The first-order valence-electron chi connectivity index (χ1n) is 11.7. The van der Waals surface area contributed by atoms with Crippen LogP contribution in [0.1, 0.15) is 60.9 Å². The number of aromatic nitrogens is 1. The maximum atomic E-state index is 11.4. The molecule has 0 amide bonds. The number of methoxy groups -OCH3 is 1. The van der Waals surface area contributed by atoms with E-state index in [0.29, 0.717) is 5.75 Å². The van der Waals surface area contributed by atoms with E-state index in [-0.39, 0.29) is 0 Å². The Hall–Kier alpha value is -2.79. The number of carbonyl (C=O) groups is 1. The lowest BCUT2D eigenvalue weighted by molar-refractivity contribution is 0.112. The number of rotatable bonds is 14. The molecule has 2 aromatic carbocycles. The highest BCUT2D eigenvalue weighted by atomic mass is 16.5. The summed E-state index contributed by atoms with van der Waals surface area (Å²) in [5.74, 6) is 1.11. The van der Waals surface area contributed by atoms with Crippen molar-refractivity contribution < 1.29 is 14.6 Å². The Morgan fingerprint density at radius 2 is 1.66 bits per heavy atom. The minimum absolute atomic E-state index is 0.324. The molecule has 0 unspecified atom stereocenters. The molecule has 0 aliphatic carbocycles. The minimum atomic E-state index is 0.324. The summed E-state index contributed by atoms with van der Waals surface area (Å²) in [6, 6.07) is 13.4. The van der Waals surface area contributed by atoms with Gasteiger partial charge >= 0.3 is 0 Å². The second-order valence-electron chi connectivity index (χ2n) is 8.66. The van der Waals surface area contributed by atoms with Gasteiger partial charge in [0.05, 0.1) is 7.11 Å². The number of nitrogens with zero attached hydrogens (tertiary/aromatic N) is 2. The van der Waals surface area contributed by atoms with Crippen molar-refractivity contribution >= 4 is 17.2 Å². The highest BCUT2D eigenvalue weighted by molar-refractivity contribution is 5.98. The number of carbonyl (C=O) groups excluding carboxylic acids is 1. The largest absolute Gasteiger partial charge is 0.508 e. The molecule has 0 bridgehead atoms. The van der Waals surface area contributed by atoms with Crippen molar-refractivity contribution in [3.05, 3.63) is 59.8 Å². The van der Waals surface area contributed by atoms with E-state index >= 15 is 0 Å². The number of phenolic OH excluding ortho intramolecular Hbond substituents is 1. The van der Waals surface area contributed by atoms with E-state index in [4.69, 9.17) is 4.74 Å². The van der Waals surface area contributed by atoms with Crippen LogP contribution >= 0.6 is 0 Å². The summed E-state index contributed by atoms with van der Waals surface area (Å²) in [7, 11) is 3.80. The summed E-state index contributed by atoms with van der Waals surface area (Å²) in [6.07, 6.45) is 11.6. The third-order valence-electron chi connectivity index (χ3n) is 6.07. The molecule has 3 rings (SSSR count). The Labute approximate surface area is 191 Å². The molecule has 172 valence electrons. The van der Waals surface area contributed by atoms with Crippen molar-refractivity contribution in [3.8, 4) is 11.5 Å². The van der Waals surface area contributed by atoms with Crippen LogP contribution in [0.2, 0.25) is 0 Å². The third-order valence-corrected chi connectivity index (χ3v) is 6.07. The highest BCUT2D eigenvalue weighted by Gasteiger charge is 2.09. The summed E-state index contributed by atoms with van der Waals surface area (Å²) in [6.45, 7) is 2.97. The summed E-state index contributed by atoms with van der Waals surface area (Å²) < 4.78 is 7.49. The van der Waals surface area contributed by atoms with Crippen LogP contribution in [0.5, 0.6) is 11.5 Å². The van der Waals surface area contributed by atoms with Crippen molar-refractivity contribution in [2.45, 2.75) is 58.0 Å². The molecule has 32 heavy (non-hydrogen) atoms. The average Bonchev–Trinajstić information content (AvgIpc) is 3.16. The van der Waals surface area contributed by atoms with E-state index in [1.54, 1.807) is 19.2 Å². The van der Waals surface area contributed by atoms with Gasteiger partial charge in [-0.25, -0.2) is 0 Å². The Morgan fingerprint density at radius 3 is 2.34 bits per heavy atom. The van der Waals surface area contributed by atoms with E-state index in [1.807, 2.05) is 36.5 Å². The summed E-state index contributed by atoms with van der Waals surface area (Å²) >= 11 is 0. The zero-order chi connectivity index (χ0) is 22.8. The van der Waals surface area contributed by atoms with E-state index in [1.165, 1.54) is 44.1 Å². The van der Waals surface area contributed by atoms with Gasteiger partial charge in [0.2, 0.25) is 0 Å². The van der Waals surface area contributed by atoms with Crippen molar-refractivity contribution in [2.24, 2.45) is 0 Å². The smallest absolute Gasteiger partial charge is 0.152 e. The number of aryl methyl sites for hydroxylation is 1. The first-order valence-corrected chi connectivity index (χ1v) is 11.7. The number of unbranched alkanes of at least 4 members (excludes halogenated alkanes) is 6. The lowest BCUT2D eigenvalue weighted by Gasteiger charge is -2.16. The van der Waals surface area contributed by atoms with Gasteiger partial charge < -0.3 is 19.3 Å². The maximum absolute atomic E-state index is 11.4. The molecule has 0 radical (unpaired) electrons. The van der Waals surface area contributed by atoms with Crippen LogP contribution in [0.4, 0.5) is 0 Å². The van der Waals surface area contributed by atoms with Crippen LogP contribution in [0.15, 0.2) is 48.7 Å². The van der Waals surface area contributed by atoms with E-state index < -0.39 is 0 Å². The SMILES string of the molecule is COc1ccc2c(c1)c(C=O)cn2CCCCCCCCCN(C)Cc1ccc(O)cc1. The first-order chi connectivity index (χ1) is 15.6. The number of aldehydes is 1. The van der Waals surface area contributed by atoms with Gasteiger partial charge in [0, 0.05) is 35.8 Å². The molecular weight excluding hydrogens is 400 g/mol. The van der Waals surface area contributed by atoms with Gasteiger partial charge in [-0.2, -0.15) is 0 Å². The Balaban J connectivity index is 1.28. The third kappa shape index (κ3) is 6.86. The van der Waals surface area contributed by atoms with Gasteiger partial charge in [0.15, 0.2) is 6.29 Å². The number of aromatic hydroxyl groups is 1. The Morgan fingerprint density at radius 1 is 0.969 bits per heavy atom. The zero-order valence-corrected chi connectivity index (χ0v) is 19.4. The molecule has 0 saturated heterocycles. The normalized spacial score (nSPS) is 11.3. The zero-order valence-electron chi connectivity index (χ0n) is 19.4. The number of ether oxygens (including phenoxy) is 1. The van der Waals surface area contributed by atoms with Gasteiger partial charge in [-0.3, -0.25) is 4.79 Å². The molecule has 3 aromatic rings. The number of benzene rings is 2. The predicted molar refractivity (Wildman–Crippen MR) is 131 cm³/mol. The van der Waals surface area contributed by atoms with Crippen LogP contribution in [0, 0.1) is 0 Å². The number of phenols is 1. The fourth-order valence-corrected chi connectivity index (χ4v) is 4.25. The van der Waals surface area contributed by atoms with Gasteiger partial charge in [-0.05, 0) is 62.3 Å². The molecular formula is C27H36N2O3. The fraction of sp³-hybridized carbons (Fsp3) is 0.444. The van der Waals surface area contributed by atoms with Crippen molar-refractivity contribution in [2.75, 3.05) is 20.7 Å². The molecule has 0 atom stereocenters. The van der Waals surface area contributed by atoms with Crippen molar-refractivity contribution in [3.63, 3.8) is 0 Å². The van der Waals surface area contributed by atoms with Crippen LogP contribution < -0.4 is 4.74 Å². The topological polar surface area (TPSA) is 54.7 Å². The van der Waals surface area contributed by atoms with E-state index in [9.17, 15) is 9.90 Å². The quantitative estimate of drug-likeness (QED) is 0.248. The number of fused-ring (bicyclic) bond motifs is 1. The standard InChI is InChI=1S/C27H36N2O3/c1-28(19-22-10-12-24(31)13-11-22)16-8-6-4-3-5-7-9-17-29-20-23(21-30)26-18-25(32-2)14-15-27(26)29/h10-15,18,20-21,31H,3-9,16-17,19H2,1-2H3. The molecule has 0 aliphatic heterocycles. The summed E-state index contributed by atoms with van der Waals surface area (Å²) in [5.41, 5.74) is 3.07. The van der Waals surface area contributed by atoms with Gasteiger partial charge in [-0.1, -0.05) is 44.2 Å². The second-order valence-corrected chi connectivity index (χ2v) is 8.66. The molecule has 0 aliphatic rings. The molecule has 0 spiro atoms. The van der Waals surface area contributed by atoms with Crippen LogP contribution in [-0.4, -0.2) is 41.6 Å². The maximum Gasteiger partial charge on any atom is 0.152 e. The molecule has 1 aromatic heterocycles. The van der Waals surface area contributed by atoms with Crippen LogP contribution in [0.25, 0.3) is 10.9 Å². The number of hydrogen-bond donors (Lipinski definition) is 1. The van der Waals surface area contributed by atoms with Gasteiger partial charge in [0.25, 0.3) is 0 Å². The molecule has 5 heteroatoms. The summed E-state index contributed by atoms with van der Waals surface area (Å²) in [4.78, 5) is 13.8. The first kappa shape index (κ1) is 23.9. The second kappa shape index (κ2) is 12.3. The lowest BCUT2D eigenvalue weighted by Crippen LogP contribution is -2.18. The van der Waals surface area contributed by atoms with E-state index in [0.717, 1.165) is 54.6 Å². The molecule has 0 saturated carbocycles. The monoisotopic (exact) mass is 436 g/mol. The van der Waals surface area contributed by atoms with Crippen molar-refractivity contribution in [1.29, 1.82) is 0 Å². The minimum Gasteiger partial charge on any atom is -0.508 e. The van der Waals surface area contributed by atoms with Crippen molar-refractivity contribution in [1.82, 2.24) is 9.47 Å². The molecule has 1 heterocycles. The molecule has 5 nitrogen and oxygen atoms in total. The Bertz CT molecular complexity index is 978. The fourth-order valence-electron chi connectivity index (χ4n) is 4.25. The highest BCUT2D eigenvalue weighted by Crippen LogP contribution is 2.25. The van der Waals surface area contributed by atoms with E-state index in [2.05, 4.69) is 16.5 Å². The van der Waals surface area contributed by atoms with Gasteiger partial charge in [0.1, 0.15) is 11.5 Å². The average molecular weight is 437 g/mol. The van der Waals surface area contributed by atoms with Gasteiger partial charge in [-0.15, -0.1) is 0 Å². The van der Waals surface area contributed by atoms with Crippen LogP contribution in [-0.2, 0) is 13.1 Å². The predicted octanol–water partition coefficient (Wildman–Crippen LogP) is 6.03. The molecule has 1 N–H and O–H groups in total. The molecule has 0 fully saturated rings. The Kier molecular flexibility index (Phi) is 9.17.